The van der Waals surface area contributed by atoms with E-state index < -0.39 is 0 Å². The van der Waals surface area contributed by atoms with Crippen molar-refractivity contribution in [1.82, 2.24) is 15.5 Å². The summed E-state index contributed by atoms with van der Waals surface area (Å²) in [5.74, 6) is 0.643. The lowest BCUT2D eigenvalue weighted by molar-refractivity contribution is 0.101. The second-order valence-corrected chi connectivity index (χ2v) is 6.08. The van der Waals surface area contributed by atoms with Crippen LogP contribution in [0.2, 0.25) is 0 Å². The highest BCUT2D eigenvalue weighted by Gasteiger charge is 2.24. The van der Waals surface area contributed by atoms with Crippen molar-refractivity contribution in [2.75, 3.05) is 6.54 Å². The third-order valence-electron chi connectivity index (χ3n) is 3.44. The van der Waals surface area contributed by atoms with Crippen LogP contribution < -0.4 is 10.1 Å². The van der Waals surface area contributed by atoms with Crippen LogP contribution in [-0.2, 0) is 6.54 Å². The molecule has 1 aromatic heterocycles. The SMILES string of the molecule is CCCNCc1nnc(OC2CCCCC2C)s1. The molecule has 0 saturated heterocycles. The van der Waals surface area contributed by atoms with Gasteiger partial charge < -0.3 is 10.1 Å². The number of ether oxygens (including phenoxy) is 1. The minimum absolute atomic E-state index is 0.336. The number of rotatable bonds is 6. The molecule has 1 N–H and O–H groups in total. The molecule has 5 heteroatoms. The van der Waals surface area contributed by atoms with Crippen molar-refractivity contribution >= 4 is 11.3 Å². The smallest absolute Gasteiger partial charge is 0.294 e. The molecule has 1 saturated carbocycles. The van der Waals surface area contributed by atoms with E-state index in [4.69, 9.17) is 4.74 Å². The Morgan fingerprint density at radius 1 is 1.33 bits per heavy atom. The molecule has 1 aliphatic rings. The van der Waals surface area contributed by atoms with Crippen LogP contribution in [-0.4, -0.2) is 22.8 Å². The van der Waals surface area contributed by atoms with Gasteiger partial charge in [-0.1, -0.05) is 36.7 Å². The maximum atomic E-state index is 5.97. The van der Waals surface area contributed by atoms with Gasteiger partial charge in [0.05, 0.1) is 0 Å². The van der Waals surface area contributed by atoms with Gasteiger partial charge in [0.15, 0.2) is 0 Å². The molecule has 1 aliphatic carbocycles. The summed E-state index contributed by atoms with van der Waals surface area (Å²) >= 11 is 1.57. The Morgan fingerprint density at radius 3 is 2.94 bits per heavy atom. The van der Waals surface area contributed by atoms with Gasteiger partial charge in [0.1, 0.15) is 11.1 Å². The molecule has 0 spiro atoms. The van der Waals surface area contributed by atoms with Crippen LogP contribution in [0, 0.1) is 5.92 Å². The highest BCUT2D eigenvalue weighted by molar-refractivity contribution is 7.13. The molecule has 4 nitrogen and oxygen atoms in total. The summed E-state index contributed by atoms with van der Waals surface area (Å²) in [4.78, 5) is 0. The summed E-state index contributed by atoms with van der Waals surface area (Å²) in [7, 11) is 0. The Bertz CT molecular complexity index is 356. The molecule has 0 amide bonds. The van der Waals surface area contributed by atoms with Gasteiger partial charge in [-0.25, -0.2) is 0 Å². The average molecular weight is 269 g/mol. The van der Waals surface area contributed by atoms with Gasteiger partial charge in [0.25, 0.3) is 5.19 Å². The fourth-order valence-electron chi connectivity index (χ4n) is 2.32. The first-order valence-electron chi connectivity index (χ1n) is 6.99. The molecular weight excluding hydrogens is 246 g/mol. The minimum atomic E-state index is 0.336. The van der Waals surface area contributed by atoms with E-state index in [0.29, 0.717) is 12.0 Å². The summed E-state index contributed by atoms with van der Waals surface area (Å²) < 4.78 is 5.97. The van der Waals surface area contributed by atoms with Crippen molar-refractivity contribution in [2.24, 2.45) is 5.92 Å². The molecule has 0 bridgehead atoms. The lowest BCUT2D eigenvalue weighted by atomic mass is 9.88. The number of hydrogen-bond acceptors (Lipinski definition) is 5. The standard InChI is InChI=1S/C13H23N3OS/c1-3-8-14-9-12-15-16-13(18-12)17-11-7-5-4-6-10(11)2/h10-11,14H,3-9H2,1-2H3. The Hall–Kier alpha value is -0.680. The predicted molar refractivity (Wildman–Crippen MR) is 74.0 cm³/mol. The van der Waals surface area contributed by atoms with E-state index in [1.807, 2.05) is 0 Å². The molecule has 1 heterocycles. The lowest BCUT2D eigenvalue weighted by Gasteiger charge is -2.27. The van der Waals surface area contributed by atoms with E-state index in [9.17, 15) is 0 Å². The zero-order valence-corrected chi connectivity index (χ0v) is 12.1. The molecule has 2 rings (SSSR count). The number of nitrogens with zero attached hydrogens (tertiary/aromatic N) is 2. The molecule has 0 aliphatic heterocycles. The van der Waals surface area contributed by atoms with Crippen LogP contribution in [0.4, 0.5) is 0 Å². The van der Waals surface area contributed by atoms with Gasteiger partial charge in [-0.05, 0) is 38.1 Å². The molecule has 102 valence electrons. The van der Waals surface area contributed by atoms with Crippen molar-refractivity contribution in [1.29, 1.82) is 0 Å². The molecule has 0 radical (unpaired) electrons. The Balaban J connectivity index is 1.82. The van der Waals surface area contributed by atoms with Crippen molar-refractivity contribution < 1.29 is 4.74 Å². The number of nitrogens with one attached hydrogen (secondary N) is 1. The van der Waals surface area contributed by atoms with Gasteiger partial charge in [-0.3, -0.25) is 0 Å². The highest BCUT2D eigenvalue weighted by atomic mass is 32.1. The fraction of sp³-hybridized carbons (Fsp3) is 0.846. The quantitative estimate of drug-likeness (QED) is 0.807. The first-order valence-corrected chi connectivity index (χ1v) is 7.81. The minimum Gasteiger partial charge on any atom is -0.465 e. The van der Waals surface area contributed by atoms with E-state index in [1.54, 1.807) is 11.3 Å². The largest absolute Gasteiger partial charge is 0.465 e. The number of aromatic nitrogens is 2. The zero-order valence-electron chi connectivity index (χ0n) is 11.3. The van der Waals surface area contributed by atoms with Gasteiger partial charge in [-0.2, -0.15) is 0 Å². The molecule has 0 aromatic carbocycles. The van der Waals surface area contributed by atoms with Crippen LogP contribution in [0.3, 0.4) is 0 Å². The summed E-state index contributed by atoms with van der Waals surface area (Å²) in [5, 5.41) is 13.4. The van der Waals surface area contributed by atoms with Gasteiger partial charge in [0.2, 0.25) is 0 Å². The Kier molecular flexibility index (Phi) is 5.38. The van der Waals surface area contributed by atoms with Gasteiger partial charge in [0, 0.05) is 6.54 Å². The topological polar surface area (TPSA) is 47.0 Å². The third kappa shape index (κ3) is 3.92. The molecule has 2 unspecified atom stereocenters. The highest BCUT2D eigenvalue weighted by Crippen LogP contribution is 2.29. The van der Waals surface area contributed by atoms with E-state index in [-0.39, 0.29) is 0 Å². The summed E-state index contributed by atoms with van der Waals surface area (Å²) in [6.07, 6.45) is 6.52. The van der Waals surface area contributed by atoms with Gasteiger partial charge >= 0.3 is 0 Å². The first kappa shape index (κ1) is 13.7. The van der Waals surface area contributed by atoms with Crippen molar-refractivity contribution in [2.45, 2.75) is 58.6 Å². The van der Waals surface area contributed by atoms with Crippen molar-refractivity contribution in [3.05, 3.63) is 5.01 Å². The Morgan fingerprint density at radius 2 is 2.17 bits per heavy atom. The normalized spacial score (nSPS) is 24.1. The average Bonchev–Trinajstić information content (AvgIpc) is 2.80. The summed E-state index contributed by atoms with van der Waals surface area (Å²) in [6, 6.07) is 0. The van der Waals surface area contributed by atoms with Crippen LogP contribution in [0.5, 0.6) is 5.19 Å². The summed E-state index contributed by atoms with van der Waals surface area (Å²) in [6.45, 7) is 6.26. The fourth-order valence-corrected chi connectivity index (χ4v) is 3.03. The van der Waals surface area contributed by atoms with Crippen LogP contribution in [0.1, 0.15) is 51.0 Å². The maximum Gasteiger partial charge on any atom is 0.294 e. The van der Waals surface area contributed by atoms with E-state index >= 15 is 0 Å². The monoisotopic (exact) mass is 269 g/mol. The van der Waals surface area contributed by atoms with E-state index in [2.05, 4.69) is 29.4 Å². The Labute approximate surface area is 113 Å². The predicted octanol–water partition coefficient (Wildman–Crippen LogP) is 3.00. The second-order valence-electron chi connectivity index (χ2n) is 5.06. The second kappa shape index (κ2) is 7.04. The first-order chi connectivity index (χ1) is 8.79. The maximum absolute atomic E-state index is 5.97. The van der Waals surface area contributed by atoms with E-state index in [1.165, 1.54) is 19.3 Å². The zero-order chi connectivity index (χ0) is 12.8. The molecule has 2 atom stereocenters. The molecular formula is C13H23N3OS. The number of hydrogen-bond donors (Lipinski definition) is 1. The van der Waals surface area contributed by atoms with Crippen LogP contribution >= 0.6 is 11.3 Å². The van der Waals surface area contributed by atoms with Gasteiger partial charge in [-0.15, -0.1) is 5.10 Å². The van der Waals surface area contributed by atoms with Crippen molar-refractivity contribution in [3.63, 3.8) is 0 Å². The third-order valence-corrected chi connectivity index (χ3v) is 4.25. The van der Waals surface area contributed by atoms with Crippen LogP contribution in [0.25, 0.3) is 0 Å². The van der Waals surface area contributed by atoms with Crippen LogP contribution in [0.15, 0.2) is 0 Å². The van der Waals surface area contributed by atoms with E-state index in [0.717, 1.165) is 36.1 Å². The summed E-state index contributed by atoms with van der Waals surface area (Å²) in [5.41, 5.74) is 0. The lowest BCUT2D eigenvalue weighted by Crippen LogP contribution is -2.28. The molecule has 1 fully saturated rings. The molecule has 18 heavy (non-hydrogen) atoms. The molecule has 1 aromatic rings. The van der Waals surface area contributed by atoms with Crippen molar-refractivity contribution in [3.8, 4) is 5.19 Å².